The number of benzene rings is 2. The molecule has 16 heavy (non-hydrogen) atoms. The molecule has 0 aliphatic rings. The Labute approximate surface area is 92.5 Å². The van der Waals surface area contributed by atoms with Gasteiger partial charge in [0.25, 0.3) is 0 Å². The van der Waals surface area contributed by atoms with Crippen LogP contribution in [0.2, 0.25) is 0 Å². The fourth-order valence-corrected chi connectivity index (χ4v) is 1.55. The minimum absolute atomic E-state index is 0.383. The normalized spacial score (nSPS) is 10.1. The van der Waals surface area contributed by atoms with Crippen molar-refractivity contribution in [3.63, 3.8) is 0 Å². The molecule has 0 unspecified atom stereocenters. The third-order valence-corrected chi connectivity index (χ3v) is 2.27. The summed E-state index contributed by atoms with van der Waals surface area (Å²) in [6.45, 7) is 0. The fraction of sp³-hybridized carbons (Fsp3) is 0. The Kier molecular flexibility index (Phi) is 2.68. The molecule has 0 spiro atoms. The number of hydrogen-bond donors (Lipinski definition) is 1. The van der Waals surface area contributed by atoms with Crippen LogP contribution >= 0.6 is 0 Å². The Balaban J connectivity index is 2.60. The summed E-state index contributed by atoms with van der Waals surface area (Å²) in [5.74, 6) is -0.986. The zero-order valence-electron chi connectivity index (χ0n) is 8.41. The molecule has 0 aromatic heterocycles. The highest BCUT2D eigenvalue weighted by molar-refractivity contribution is 5.99. The van der Waals surface area contributed by atoms with E-state index in [1.54, 1.807) is 30.3 Å². The van der Waals surface area contributed by atoms with Crippen LogP contribution in [0.25, 0.3) is 11.1 Å². The SMILES string of the molecule is NC(=O)c1ccccc1-c1cc[c]c(F)c1. The van der Waals surface area contributed by atoms with Crippen molar-refractivity contribution in [3.8, 4) is 11.1 Å². The second-order valence-corrected chi connectivity index (χ2v) is 3.34. The van der Waals surface area contributed by atoms with Crippen LogP contribution < -0.4 is 5.73 Å². The molecular weight excluding hydrogens is 205 g/mol. The Morgan fingerprint density at radius 1 is 1.25 bits per heavy atom. The number of carbonyl (C=O) groups excluding carboxylic acids is 1. The maximum atomic E-state index is 13.0. The summed E-state index contributed by atoms with van der Waals surface area (Å²) in [5, 5.41) is 0. The maximum Gasteiger partial charge on any atom is 0.249 e. The molecule has 2 rings (SSSR count). The summed E-state index contributed by atoms with van der Waals surface area (Å²) >= 11 is 0. The number of halogens is 1. The van der Waals surface area contributed by atoms with E-state index in [4.69, 9.17) is 5.73 Å². The Morgan fingerprint density at radius 3 is 2.69 bits per heavy atom. The van der Waals surface area contributed by atoms with Crippen molar-refractivity contribution in [2.24, 2.45) is 5.73 Å². The van der Waals surface area contributed by atoms with E-state index >= 15 is 0 Å². The van der Waals surface area contributed by atoms with E-state index in [1.807, 2.05) is 0 Å². The van der Waals surface area contributed by atoms with E-state index in [2.05, 4.69) is 6.07 Å². The van der Waals surface area contributed by atoms with Crippen molar-refractivity contribution in [1.82, 2.24) is 0 Å². The molecule has 79 valence electrons. The first-order valence-electron chi connectivity index (χ1n) is 4.75. The van der Waals surface area contributed by atoms with Gasteiger partial charge in [-0.15, -0.1) is 0 Å². The predicted molar refractivity (Wildman–Crippen MR) is 59.2 cm³/mol. The first kappa shape index (κ1) is 10.4. The number of primary amides is 1. The molecule has 0 saturated heterocycles. The molecular formula is C13H9FNO. The molecule has 0 saturated carbocycles. The highest BCUT2D eigenvalue weighted by atomic mass is 19.1. The molecule has 2 N–H and O–H groups in total. The van der Waals surface area contributed by atoms with Gasteiger partial charge in [-0.05, 0) is 23.3 Å². The number of nitrogens with two attached hydrogens (primary N) is 1. The molecule has 0 aliphatic heterocycles. The fourth-order valence-electron chi connectivity index (χ4n) is 1.55. The lowest BCUT2D eigenvalue weighted by atomic mass is 9.99. The van der Waals surface area contributed by atoms with Gasteiger partial charge in [-0.2, -0.15) is 0 Å². The first-order chi connectivity index (χ1) is 7.68. The van der Waals surface area contributed by atoms with Gasteiger partial charge in [0.2, 0.25) is 5.91 Å². The third kappa shape index (κ3) is 1.93. The lowest BCUT2D eigenvalue weighted by Gasteiger charge is -2.06. The minimum Gasteiger partial charge on any atom is -0.366 e. The average Bonchev–Trinajstić information content (AvgIpc) is 2.29. The number of amides is 1. The van der Waals surface area contributed by atoms with Crippen LogP contribution in [0.5, 0.6) is 0 Å². The van der Waals surface area contributed by atoms with E-state index in [0.29, 0.717) is 16.7 Å². The average molecular weight is 214 g/mol. The second kappa shape index (κ2) is 4.14. The molecule has 2 aromatic rings. The highest BCUT2D eigenvalue weighted by Gasteiger charge is 2.09. The van der Waals surface area contributed by atoms with Gasteiger partial charge >= 0.3 is 0 Å². The van der Waals surface area contributed by atoms with Crippen molar-refractivity contribution >= 4 is 5.91 Å². The van der Waals surface area contributed by atoms with Gasteiger partial charge in [0, 0.05) is 11.6 Å². The number of rotatable bonds is 2. The van der Waals surface area contributed by atoms with Crippen molar-refractivity contribution in [2.75, 3.05) is 0 Å². The van der Waals surface area contributed by atoms with E-state index in [9.17, 15) is 9.18 Å². The summed E-state index contributed by atoms with van der Waals surface area (Å²) < 4.78 is 13.0. The van der Waals surface area contributed by atoms with Gasteiger partial charge < -0.3 is 5.73 Å². The van der Waals surface area contributed by atoms with Crippen LogP contribution in [0.3, 0.4) is 0 Å². The van der Waals surface area contributed by atoms with E-state index in [1.165, 1.54) is 12.1 Å². The molecule has 2 aromatic carbocycles. The minimum atomic E-state index is -0.524. The smallest absolute Gasteiger partial charge is 0.249 e. The first-order valence-corrected chi connectivity index (χ1v) is 4.75. The summed E-state index contributed by atoms with van der Waals surface area (Å²) in [7, 11) is 0. The molecule has 3 heteroatoms. The Hall–Kier alpha value is -2.16. The molecule has 0 heterocycles. The third-order valence-electron chi connectivity index (χ3n) is 2.27. The second-order valence-electron chi connectivity index (χ2n) is 3.34. The van der Waals surface area contributed by atoms with E-state index in [0.717, 1.165) is 0 Å². The van der Waals surface area contributed by atoms with E-state index in [-0.39, 0.29) is 0 Å². The topological polar surface area (TPSA) is 43.1 Å². The Morgan fingerprint density at radius 2 is 2.00 bits per heavy atom. The van der Waals surface area contributed by atoms with Crippen LogP contribution in [-0.4, -0.2) is 5.91 Å². The largest absolute Gasteiger partial charge is 0.366 e. The van der Waals surface area contributed by atoms with Crippen molar-refractivity contribution < 1.29 is 9.18 Å². The van der Waals surface area contributed by atoms with Gasteiger partial charge in [-0.3, -0.25) is 4.79 Å². The van der Waals surface area contributed by atoms with Gasteiger partial charge in [0.05, 0.1) is 0 Å². The van der Waals surface area contributed by atoms with Gasteiger partial charge in [-0.1, -0.05) is 30.3 Å². The standard InChI is InChI=1S/C13H9FNO/c14-10-5-3-4-9(8-10)11-6-1-2-7-12(11)13(15)16/h1-4,6-8H,(H2,15,16). The zero-order valence-corrected chi connectivity index (χ0v) is 8.41. The maximum absolute atomic E-state index is 13.0. The number of carbonyl (C=O) groups is 1. The lowest BCUT2D eigenvalue weighted by molar-refractivity contribution is 0.100. The van der Waals surface area contributed by atoms with Crippen LogP contribution in [0, 0.1) is 11.9 Å². The summed E-state index contributed by atoms with van der Waals surface area (Å²) in [6.07, 6.45) is 0. The molecule has 0 fully saturated rings. The van der Waals surface area contributed by atoms with Crippen LogP contribution in [0.1, 0.15) is 10.4 Å². The summed E-state index contributed by atoms with van der Waals surface area (Å²) in [5.41, 5.74) is 6.88. The lowest BCUT2D eigenvalue weighted by Crippen LogP contribution is -2.12. The summed E-state index contributed by atoms with van der Waals surface area (Å²) in [6, 6.07) is 13.7. The van der Waals surface area contributed by atoms with Gasteiger partial charge in [0.15, 0.2) is 0 Å². The zero-order chi connectivity index (χ0) is 11.5. The Bertz CT molecular complexity index is 537. The van der Waals surface area contributed by atoms with Gasteiger partial charge in [0.1, 0.15) is 5.82 Å². The number of hydrogen-bond acceptors (Lipinski definition) is 1. The molecule has 0 aliphatic carbocycles. The highest BCUT2D eigenvalue weighted by Crippen LogP contribution is 2.23. The molecule has 0 bridgehead atoms. The summed E-state index contributed by atoms with van der Waals surface area (Å²) in [4.78, 5) is 11.2. The van der Waals surface area contributed by atoms with Crippen LogP contribution in [0.15, 0.2) is 42.5 Å². The molecule has 1 radical (unpaired) electrons. The molecule has 1 amide bonds. The van der Waals surface area contributed by atoms with Gasteiger partial charge in [-0.25, -0.2) is 4.39 Å². The molecule has 2 nitrogen and oxygen atoms in total. The quantitative estimate of drug-likeness (QED) is 0.819. The van der Waals surface area contributed by atoms with Crippen LogP contribution in [0.4, 0.5) is 4.39 Å². The van der Waals surface area contributed by atoms with Crippen molar-refractivity contribution in [3.05, 3.63) is 59.9 Å². The van der Waals surface area contributed by atoms with Crippen molar-refractivity contribution in [1.29, 1.82) is 0 Å². The van der Waals surface area contributed by atoms with Crippen LogP contribution in [-0.2, 0) is 0 Å². The predicted octanol–water partition coefficient (Wildman–Crippen LogP) is 2.39. The monoisotopic (exact) mass is 214 g/mol. The molecule has 0 atom stereocenters. The van der Waals surface area contributed by atoms with Crippen molar-refractivity contribution in [2.45, 2.75) is 0 Å². The van der Waals surface area contributed by atoms with E-state index < -0.39 is 11.7 Å².